The van der Waals surface area contributed by atoms with Crippen LogP contribution in [0.2, 0.25) is 0 Å². The van der Waals surface area contributed by atoms with Crippen molar-refractivity contribution in [2.45, 2.75) is 6.92 Å². The summed E-state index contributed by atoms with van der Waals surface area (Å²) >= 11 is 1.54. The second-order valence-electron chi connectivity index (χ2n) is 3.13. The molecule has 0 atom stereocenters. The Morgan fingerprint density at radius 3 is 2.64 bits per heavy atom. The number of rotatable bonds is 1. The summed E-state index contributed by atoms with van der Waals surface area (Å²) < 4.78 is 13.0. The highest BCUT2D eigenvalue weighted by molar-refractivity contribution is 7.13. The van der Waals surface area contributed by atoms with E-state index in [0.29, 0.717) is 0 Å². The van der Waals surface area contributed by atoms with Crippen LogP contribution in [0.15, 0.2) is 29.6 Å². The lowest BCUT2D eigenvalue weighted by atomic mass is 10.1. The molecule has 2 rings (SSSR count). The molecule has 0 aliphatic carbocycles. The average molecular weight is 208 g/mol. The normalized spacial score (nSPS) is 10.4. The molecule has 1 nitrogen and oxygen atoms in total. The molecular formula is C11H9FOS. The molecule has 72 valence electrons. The van der Waals surface area contributed by atoms with E-state index in [-0.39, 0.29) is 5.75 Å². The molecule has 0 spiro atoms. The summed E-state index contributed by atoms with van der Waals surface area (Å²) in [4.78, 5) is 1.000. The van der Waals surface area contributed by atoms with Crippen molar-refractivity contribution in [1.82, 2.24) is 0 Å². The lowest BCUT2D eigenvalue weighted by Crippen LogP contribution is -1.79. The Labute approximate surface area is 85.5 Å². The van der Waals surface area contributed by atoms with Gasteiger partial charge in [0.1, 0.15) is 11.6 Å². The predicted molar refractivity (Wildman–Crippen MR) is 56.1 cm³/mol. The lowest BCUT2D eigenvalue weighted by molar-refractivity contribution is 0.469. The van der Waals surface area contributed by atoms with Crippen LogP contribution in [0.3, 0.4) is 0 Å². The second kappa shape index (κ2) is 3.42. The fraction of sp³-hybridized carbons (Fsp3) is 0.0909. The maximum absolute atomic E-state index is 13.0. The van der Waals surface area contributed by atoms with E-state index in [1.54, 1.807) is 17.4 Å². The number of aryl methyl sites for hydroxylation is 1. The summed E-state index contributed by atoms with van der Waals surface area (Å²) in [7, 11) is 0. The molecule has 1 heterocycles. The third kappa shape index (κ3) is 1.63. The summed E-state index contributed by atoms with van der Waals surface area (Å²) in [6.45, 7) is 1.97. The van der Waals surface area contributed by atoms with Gasteiger partial charge < -0.3 is 5.11 Å². The van der Waals surface area contributed by atoms with Crippen molar-refractivity contribution in [2.75, 3.05) is 0 Å². The van der Waals surface area contributed by atoms with E-state index < -0.39 is 5.82 Å². The van der Waals surface area contributed by atoms with Crippen LogP contribution in [-0.4, -0.2) is 5.11 Å². The van der Waals surface area contributed by atoms with Gasteiger partial charge in [-0.15, -0.1) is 11.3 Å². The zero-order valence-electron chi connectivity index (χ0n) is 7.62. The van der Waals surface area contributed by atoms with Crippen LogP contribution in [0.4, 0.5) is 4.39 Å². The van der Waals surface area contributed by atoms with Gasteiger partial charge in [-0.3, -0.25) is 0 Å². The number of aromatic hydroxyl groups is 1. The largest absolute Gasteiger partial charge is 0.508 e. The van der Waals surface area contributed by atoms with Gasteiger partial charge in [-0.1, -0.05) is 0 Å². The quantitative estimate of drug-likeness (QED) is 0.759. The summed E-state index contributed by atoms with van der Waals surface area (Å²) in [5.74, 6) is -0.444. The average Bonchev–Trinajstić information content (AvgIpc) is 2.49. The molecule has 14 heavy (non-hydrogen) atoms. The van der Waals surface area contributed by atoms with Crippen molar-refractivity contribution in [3.8, 4) is 16.2 Å². The van der Waals surface area contributed by atoms with E-state index in [2.05, 4.69) is 0 Å². The molecule has 1 aromatic carbocycles. The highest BCUT2D eigenvalue weighted by Gasteiger charge is 2.06. The van der Waals surface area contributed by atoms with Crippen LogP contribution in [0.5, 0.6) is 5.75 Å². The number of hydrogen-bond donors (Lipinski definition) is 1. The molecule has 0 fully saturated rings. The molecule has 0 saturated heterocycles. The third-order valence-corrected chi connectivity index (χ3v) is 3.07. The van der Waals surface area contributed by atoms with Crippen molar-refractivity contribution in [2.24, 2.45) is 0 Å². The van der Waals surface area contributed by atoms with Gasteiger partial charge in [-0.25, -0.2) is 4.39 Å². The zero-order chi connectivity index (χ0) is 10.1. The first-order valence-corrected chi connectivity index (χ1v) is 5.09. The Morgan fingerprint density at radius 2 is 2.07 bits per heavy atom. The minimum atomic E-state index is -0.409. The minimum Gasteiger partial charge on any atom is -0.508 e. The number of benzene rings is 1. The van der Waals surface area contributed by atoms with E-state index >= 15 is 0 Å². The smallest absolute Gasteiger partial charge is 0.127 e. The summed E-state index contributed by atoms with van der Waals surface area (Å²) in [5, 5.41) is 11.2. The molecular weight excluding hydrogens is 199 g/mol. The van der Waals surface area contributed by atoms with Crippen LogP contribution in [-0.2, 0) is 0 Å². The molecule has 0 amide bonds. The zero-order valence-corrected chi connectivity index (χ0v) is 8.44. The van der Waals surface area contributed by atoms with Crippen molar-refractivity contribution >= 4 is 11.3 Å². The predicted octanol–water partition coefficient (Wildman–Crippen LogP) is 3.57. The van der Waals surface area contributed by atoms with Crippen molar-refractivity contribution in [3.63, 3.8) is 0 Å². The fourth-order valence-electron chi connectivity index (χ4n) is 1.37. The number of phenols is 1. The Hall–Kier alpha value is -1.35. The number of phenolic OH excluding ortho intramolecular Hbond substituents is 1. The number of halogens is 1. The Bertz CT molecular complexity index is 442. The monoisotopic (exact) mass is 208 g/mol. The summed E-state index contributed by atoms with van der Waals surface area (Å²) in [6.07, 6.45) is 0. The molecule has 2 aromatic rings. The molecule has 0 aliphatic rings. The van der Waals surface area contributed by atoms with Crippen LogP contribution in [0.25, 0.3) is 10.4 Å². The highest BCUT2D eigenvalue weighted by Crippen LogP contribution is 2.31. The maximum Gasteiger partial charge on any atom is 0.127 e. The summed E-state index contributed by atoms with van der Waals surface area (Å²) in [6, 6.07) is 6.08. The third-order valence-electron chi connectivity index (χ3n) is 2.01. The van der Waals surface area contributed by atoms with Gasteiger partial charge >= 0.3 is 0 Å². The van der Waals surface area contributed by atoms with Gasteiger partial charge in [0, 0.05) is 10.9 Å². The van der Waals surface area contributed by atoms with E-state index in [1.807, 2.05) is 18.4 Å². The molecule has 0 radical (unpaired) electrons. The number of hydrogen-bond acceptors (Lipinski definition) is 2. The van der Waals surface area contributed by atoms with Gasteiger partial charge in [0.25, 0.3) is 0 Å². The maximum atomic E-state index is 13.0. The first-order valence-electron chi connectivity index (χ1n) is 4.21. The summed E-state index contributed by atoms with van der Waals surface area (Å²) in [5.41, 5.74) is 1.83. The van der Waals surface area contributed by atoms with E-state index in [1.165, 1.54) is 6.07 Å². The fourth-order valence-corrected chi connectivity index (χ4v) is 2.29. The van der Waals surface area contributed by atoms with E-state index in [9.17, 15) is 9.50 Å². The Balaban J connectivity index is 2.57. The molecule has 0 unspecified atom stereocenters. The molecule has 0 saturated carbocycles. The van der Waals surface area contributed by atoms with E-state index in [0.717, 1.165) is 22.1 Å². The van der Waals surface area contributed by atoms with Crippen LogP contribution in [0, 0.1) is 12.7 Å². The minimum absolute atomic E-state index is 0.0344. The van der Waals surface area contributed by atoms with Crippen molar-refractivity contribution in [3.05, 3.63) is 41.0 Å². The molecule has 3 heteroatoms. The topological polar surface area (TPSA) is 20.2 Å². The SMILES string of the molecule is Cc1ccsc1-c1cc(O)cc(F)c1. The second-order valence-corrected chi connectivity index (χ2v) is 4.05. The van der Waals surface area contributed by atoms with Crippen LogP contribution < -0.4 is 0 Å². The highest BCUT2D eigenvalue weighted by atomic mass is 32.1. The molecule has 1 N–H and O–H groups in total. The standard InChI is InChI=1S/C11H9FOS/c1-7-2-3-14-11(7)8-4-9(12)6-10(13)5-8/h2-6,13H,1H3. The van der Waals surface area contributed by atoms with Gasteiger partial charge in [-0.05, 0) is 41.6 Å². The Kier molecular flexibility index (Phi) is 2.25. The van der Waals surface area contributed by atoms with Crippen LogP contribution >= 0.6 is 11.3 Å². The number of thiophene rings is 1. The van der Waals surface area contributed by atoms with Crippen molar-refractivity contribution < 1.29 is 9.50 Å². The lowest BCUT2D eigenvalue weighted by Gasteiger charge is -2.01. The van der Waals surface area contributed by atoms with Gasteiger partial charge in [0.15, 0.2) is 0 Å². The van der Waals surface area contributed by atoms with Gasteiger partial charge in [-0.2, -0.15) is 0 Å². The molecule has 1 aromatic heterocycles. The van der Waals surface area contributed by atoms with Gasteiger partial charge in [0.2, 0.25) is 0 Å². The first-order chi connectivity index (χ1) is 6.66. The first kappa shape index (κ1) is 9.21. The molecule has 0 bridgehead atoms. The van der Waals surface area contributed by atoms with E-state index in [4.69, 9.17) is 0 Å². The van der Waals surface area contributed by atoms with Gasteiger partial charge in [0.05, 0.1) is 0 Å². The van der Waals surface area contributed by atoms with Crippen LogP contribution in [0.1, 0.15) is 5.56 Å². The molecule has 0 aliphatic heterocycles. The van der Waals surface area contributed by atoms with Crippen molar-refractivity contribution in [1.29, 1.82) is 0 Å². The Morgan fingerprint density at radius 1 is 1.29 bits per heavy atom.